The summed E-state index contributed by atoms with van der Waals surface area (Å²) in [4.78, 5) is 7.42. The molecule has 0 unspecified atom stereocenters. The number of aromatic amines is 1. The van der Waals surface area contributed by atoms with E-state index in [0.29, 0.717) is 5.57 Å². The van der Waals surface area contributed by atoms with Gasteiger partial charge in [-0.25, -0.2) is 0 Å². The zero-order chi connectivity index (χ0) is 17.2. The molecule has 0 atom stereocenters. The van der Waals surface area contributed by atoms with E-state index in [1.54, 1.807) is 24.9 Å². The zero-order valence-electron chi connectivity index (χ0n) is 13.0. The van der Waals surface area contributed by atoms with Gasteiger partial charge in [0.15, 0.2) is 0 Å². The number of fused-ring (bicyclic) bond motifs is 1. The molecule has 0 aliphatic heterocycles. The van der Waals surface area contributed by atoms with Crippen molar-refractivity contribution in [3.63, 3.8) is 0 Å². The number of rotatable bonds is 3. The third kappa shape index (κ3) is 2.88. The normalized spacial score (nSPS) is 11.6. The van der Waals surface area contributed by atoms with Crippen LogP contribution in [0.4, 0.5) is 0 Å². The Morgan fingerprint density at radius 2 is 2.20 bits per heavy atom. The second-order valence-corrected chi connectivity index (χ2v) is 6.45. The minimum atomic E-state index is 0.571. The number of hydrogen-bond donors (Lipinski definition) is 1. The standard InChI is InChI=1S/C20H12BrN3O/c21-16-1-2-20-18(8-16)19(11-24-20)14(9-22)7-15-10-23-5-3-17(15)13-4-6-25-12-13/h1-8,10-12,24H/b14-7+. The molecule has 1 N–H and O–H groups in total. The minimum absolute atomic E-state index is 0.571. The first-order chi connectivity index (χ1) is 12.3. The molecule has 3 heterocycles. The van der Waals surface area contributed by atoms with Gasteiger partial charge in [0.05, 0.1) is 24.2 Å². The van der Waals surface area contributed by atoms with Crippen molar-refractivity contribution >= 4 is 38.5 Å². The highest BCUT2D eigenvalue weighted by molar-refractivity contribution is 9.10. The lowest BCUT2D eigenvalue weighted by molar-refractivity contribution is 0.568. The van der Waals surface area contributed by atoms with Gasteiger partial charge in [0.1, 0.15) is 0 Å². The summed E-state index contributed by atoms with van der Waals surface area (Å²) >= 11 is 3.49. The Morgan fingerprint density at radius 3 is 3.00 bits per heavy atom. The molecule has 4 nitrogen and oxygen atoms in total. The van der Waals surface area contributed by atoms with Gasteiger partial charge in [-0.05, 0) is 42.0 Å². The summed E-state index contributed by atoms with van der Waals surface area (Å²) in [7, 11) is 0. The van der Waals surface area contributed by atoms with Crippen LogP contribution in [0.5, 0.6) is 0 Å². The number of nitrogens with one attached hydrogen (secondary N) is 1. The second-order valence-electron chi connectivity index (χ2n) is 5.54. The van der Waals surface area contributed by atoms with E-state index in [9.17, 15) is 5.26 Å². The zero-order valence-corrected chi connectivity index (χ0v) is 14.6. The topological polar surface area (TPSA) is 65.6 Å². The van der Waals surface area contributed by atoms with Crippen LogP contribution in [0, 0.1) is 11.3 Å². The van der Waals surface area contributed by atoms with Crippen LogP contribution in [-0.2, 0) is 0 Å². The Bertz CT molecular complexity index is 1120. The van der Waals surface area contributed by atoms with E-state index in [-0.39, 0.29) is 0 Å². The molecule has 120 valence electrons. The van der Waals surface area contributed by atoms with Gasteiger partial charge in [-0.1, -0.05) is 15.9 Å². The van der Waals surface area contributed by atoms with E-state index >= 15 is 0 Å². The summed E-state index contributed by atoms with van der Waals surface area (Å²) in [5, 5.41) is 10.7. The minimum Gasteiger partial charge on any atom is -0.472 e. The van der Waals surface area contributed by atoms with E-state index in [4.69, 9.17) is 4.42 Å². The van der Waals surface area contributed by atoms with E-state index in [1.165, 1.54) is 0 Å². The van der Waals surface area contributed by atoms with Crippen molar-refractivity contribution < 1.29 is 4.42 Å². The molecule has 3 aromatic heterocycles. The van der Waals surface area contributed by atoms with Crippen molar-refractivity contribution in [2.75, 3.05) is 0 Å². The Hall–Kier alpha value is -3.10. The van der Waals surface area contributed by atoms with Gasteiger partial charge in [-0.3, -0.25) is 4.98 Å². The Balaban J connectivity index is 1.88. The number of furan rings is 1. The summed E-state index contributed by atoms with van der Waals surface area (Å²) in [6.07, 6.45) is 10.5. The largest absolute Gasteiger partial charge is 0.472 e. The van der Waals surface area contributed by atoms with E-state index in [1.807, 2.05) is 42.6 Å². The molecule has 0 bridgehead atoms. The number of hydrogen-bond acceptors (Lipinski definition) is 3. The number of pyridine rings is 1. The quantitative estimate of drug-likeness (QED) is 0.460. The number of aromatic nitrogens is 2. The monoisotopic (exact) mass is 389 g/mol. The highest BCUT2D eigenvalue weighted by atomic mass is 79.9. The van der Waals surface area contributed by atoms with Crippen LogP contribution in [0.25, 0.3) is 33.7 Å². The highest BCUT2D eigenvalue weighted by Crippen LogP contribution is 2.31. The van der Waals surface area contributed by atoms with E-state index in [0.717, 1.165) is 37.6 Å². The molecule has 0 spiro atoms. The fourth-order valence-corrected chi connectivity index (χ4v) is 3.20. The average molecular weight is 390 g/mol. The van der Waals surface area contributed by atoms with Gasteiger partial charge >= 0.3 is 0 Å². The lowest BCUT2D eigenvalue weighted by atomic mass is 9.99. The summed E-state index contributed by atoms with van der Waals surface area (Å²) < 4.78 is 6.15. The number of halogens is 1. The maximum atomic E-state index is 9.73. The van der Waals surface area contributed by atoms with Crippen LogP contribution in [0.1, 0.15) is 11.1 Å². The molecule has 0 radical (unpaired) electrons. The molecular weight excluding hydrogens is 378 g/mol. The third-order valence-electron chi connectivity index (χ3n) is 4.04. The fraction of sp³-hybridized carbons (Fsp3) is 0. The molecule has 0 saturated carbocycles. The molecule has 4 aromatic rings. The van der Waals surface area contributed by atoms with Crippen molar-refractivity contribution in [1.82, 2.24) is 9.97 Å². The number of H-pyrrole nitrogens is 1. The fourth-order valence-electron chi connectivity index (χ4n) is 2.84. The first kappa shape index (κ1) is 15.4. The van der Waals surface area contributed by atoms with Gasteiger partial charge in [0.25, 0.3) is 0 Å². The van der Waals surface area contributed by atoms with Gasteiger partial charge in [-0.2, -0.15) is 5.26 Å². The van der Waals surface area contributed by atoms with Gasteiger partial charge in [0, 0.05) is 50.7 Å². The maximum Gasteiger partial charge on any atom is 0.0998 e. The molecular formula is C20H12BrN3O. The average Bonchev–Trinajstić information content (AvgIpc) is 3.30. The first-order valence-corrected chi connectivity index (χ1v) is 8.41. The molecule has 0 amide bonds. The van der Waals surface area contributed by atoms with Crippen LogP contribution in [0.15, 0.2) is 70.3 Å². The predicted octanol–water partition coefficient (Wildman–Crippen LogP) is 5.65. The SMILES string of the molecule is N#C/C(=C\c1cnccc1-c1ccoc1)c1c[nH]c2ccc(Br)cc12. The number of benzene rings is 1. The molecule has 1 aromatic carbocycles. The summed E-state index contributed by atoms with van der Waals surface area (Å²) in [6.45, 7) is 0. The lowest BCUT2D eigenvalue weighted by Gasteiger charge is -2.04. The van der Waals surface area contributed by atoms with Crippen LogP contribution >= 0.6 is 15.9 Å². The van der Waals surface area contributed by atoms with Crippen LogP contribution in [0.2, 0.25) is 0 Å². The molecule has 0 aliphatic rings. The van der Waals surface area contributed by atoms with Crippen molar-refractivity contribution in [1.29, 1.82) is 5.26 Å². The molecule has 0 aliphatic carbocycles. The molecule has 0 saturated heterocycles. The third-order valence-corrected chi connectivity index (χ3v) is 4.53. The molecule has 0 fully saturated rings. The molecule has 25 heavy (non-hydrogen) atoms. The Kier molecular flexibility index (Phi) is 3.96. The first-order valence-electron chi connectivity index (χ1n) is 7.61. The van der Waals surface area contributed by atoms with Crippen molar-refractivity contribution in [2.45, 2.75) is 0 Å². The summed E-state index contributed by atoms with van der Waals surface area (Å²) in [6, 6.07) is 12.1. The van der Waals surface area contributed by atoms with Crippen LogP contribution < -0.4 is 0 Å². The summed E-state index contributed by atoms with van der Waals surface area (Å²) in [5.41, 5.74) is 5.21. The smallest absolute Gasteiger partial charge is 0.0998 e. The van der Waals surface area contributed by atoms with Crippen molar-refractivity contribution in [3.8, 4) is 17.2 Å². The van der Waals surface area contributed by atoms with Crippen LogP contribution in [0.3, 0.4) is 0 Å². The van der Waals surface area contributed by atoms with Crippen molar-refractivity contribution in [2.24, 2.45) is 0 Å². The Labute approximate surface area is 152 Å². The highest BCUT2D eigenvalue weighted by Gasteiger charge is 2.11. The molecule has 4 rings (SSSR count). The second kappa shape index (κ2) is 6.42. The lowest BCUT2D eigenvalue weighted by Crippen LogP contribution is -1.86. The number of nitriles is 1. The van der Waals surface area contributed by atoms with Gasteiger partial charge in [0.2, 0.25) is 0 Å². The number of nitrogens with zero attached hydrogens (tertiary/aromatic N) is 2. The predicted molar refractivity (Wildman–Crippen MR) is 101 cm³/mol. The number of allylic oxidation sites excluding steroid dienone is 1. The Morgan fingerprint density at radius 1 is 1.28 bits per heavy atom. The van der Waals surface area contributed by atoms with Gasteiger partial charge in [-0.15, -0.1) is 0 Å². The summed E-state index contributed by atoms with van der Waals surface area (Å²) in [5.74, 6) is 0. The van der Waals surface area contributed by atoms with Crippen molar-refractivity contribution in [3.05, 3.63) is 77.0 Å². The van der Waals surface area contributed by atoms with E-state index in [2.05, 4.69) is 32.0 Å². The van der Waals surface area contributed by atoms with Crippen LogP contribution in [-0.4, -0.2) is 9.97 Å². The van der Waals surface area contributed by atoms with Gasteiger partial charge < -0.3 is 9.40 Å². The molecule has 5 heteroatoms. The maximum absolute atomic E-state index is 9.73. The van der Waals surface area contributed by atoms with E-state index < -0.39 is 0 Å².